The minimum atomic E-state index is -0.984. The van der Waals surface area contributed by atoms with Gasteiger partial charge in [-0.05, 0) is 32.6 Å². The van der Waals surface area contributed by atoms with Crippen LogP contribution in [0.3, 0.4) is 0 Å². The molecule has 0 heterocycles. The smallest absolute Gasteiger partial charge is 0.321 e. The second-order valence-corrected chi connectivity index (χ2v) is 7.44. The van der Waals surface area contributed by atoms with E-state index < -0.39 is 12.0 Å². The highest BCUT2D eigenvalue weighted by molar-refractivity contribution is 8.00. The molecule has 0 aromatic rings. The zero-order valence-electron chi connectivity index (χ0n) is 11.3. The van der Waals surface area contributed by atoms with E-state index >= 15 is 0 Å². The van der Waals surface area contributed by atoms with E-state index in [-0.39, 0.29) is 10.7 Å². The molecule has 1 saturated carbocycles. The predicted octanol–water partition coefficient (Wildman–Crippen LogP) is 1.92. The molecule has 3 atom stereocenters. The van der Waals surface area contributed by atoms with Gasteiger partial charge in [-0.15, -0.1) is 0 Å². The summed E-state index contributed by atoms with van der Waals surface area (Å²) in [5.41, 5.74) is 5.50. The molecule has 0 saturated heterocycles. The van der Waals surface area contributed by atoms with E-state index in [0.717, 1.165) is 12.8 Å². The Bertz CT molecular complexity index is 330. The van der Waals surface area contributed by atoms with Crippen molar-refractivity contribution in [3.63, 3.8) is 0 Å². The first-order chi connectivity index (χ1) is 8.24. The molecule has 5 heteroatoms. The zero-order chi connectivity index (χ0) is 13.9. The molecule has 1 aliphatic rings. The standard InChI is InChI=1S/C13H23NO3S/c1-8-4-5-9(11(15)6-8)13(2,3)18-7-10(14)12(16)17/h8-10H,4-7,14H2,1-3H3,(H,16,17). The van der Waals surface area contributed by atoms with E-state index in [0.29, 0.717) is 23.9 Å². The van der Waals surface area contributed by atoms with Crippen LogP contribution in [0.15, 0.2) is 0 Å². The maximum absolute atomic E-state index is 12.1. The fraction of sp³-hybridized carbons (Fsp3) is 0.846. The van der Waals surface area contributed by atoms with E-state index in [2.05, 4.69) is 6.92 Å². The van der Waals surface area contributed by atoms with E-state index in [1.807, 2.05) is 13.8 Å². The summed E-state index contributed by atoms with van der Waals surface area (Å²) < 4.78 is -0.232. The number of hydrogen-bond donors (Lipinski definition) is 2. The molecule has 0 aliphatic heterocycles. The first-order valence-corrected chi connectivity index (χ1v) is 7.37. The summed E-state index contributed by atoms with van der Waals surface area (Å²) in [5, 5.41) is 8.77. The number of rotatable bonds is 5. The number of thioether (sulfide) groups is 1. The highest BCUT2D eigenvalue weighted by Crippen LogP contribution is 2.40. The van der Waals surface area contributed by atoms with Gasteiger partial charge in [0.25, 0.3) is 0 Å². The van der Waals surface area contributed by atoms with Gasteiger partial charge < -0.3 is 10.8 Å². The topological polar surface area (TPSA) is 80.4 Å². The second kappa shape index (κ2) is 6.06. The second-order valence-electron chi connectivity index (χ2n) is 5.76. The summed E-state index contributed by atoms with van der Waals surface area (Å²) in [6.45, 7) is 6.14. The van der Waals surface area contributed by atoms with Crippen molar-refractivity contribution in [1.82, 2.24) is 0 Å². The van der Waals surface area contributed by atoms with Crippen molar-refractivity contribution < 1.29 is 14.7 Å². The lowest BCUT2D eigenvalue weighted by Crippen LogP contribution is -2.40. The van der Waals surface area contributed by atoms with Crippen molar-refractivity contribution in [2.45, 2.75) is 50.8 Å². The Hall–Kier alpha value is -0.550. The van der Waals surface area contributed by atoms with Crippen LogP contribution in [0.5, 0.6) is 0 Å². The van der Waals surface area contributed by atoms with E-state index in [4.69, 9.17) is 10.8 Å². The van der Waals surface area contributed by atoms with Crippen LogP contribution in [-0.2, 0) is 9.59 Å². The van der Waals surface area contributed by atoms with Gasteiger partial charge in [0.2, 0.25) is 0 Å². The molecule has 0 amide bonds. The minimum absolute atomic E-state index is 0.0275. The zero-order valence-corrected chi connectivity index (χ0v) is 12.1. The van der Waals surface area contributed by atoms with Crippen LogP contribution in [0.2, 0.25) is 0 Å². The summed E-state index contributed by atoms with van der Waals surface area (Å²) in [6, 6.07) is -0.855. The van der Waals surface area contributed by atoms with Gasteiger partial charge in [-0.1, -0.05) is 6.92 Å². The quantitative estimate of drug-likeness (QED) is 0.800. The normalized spacial score (nSPS) is 27.0. The first-order valence-electron chi connectivity index (χ1n) is 6.39. The molecule has 3 N–H and O–H groups in total. The number of carbonyl (C=O) groups is 2. The third-order valence-electron chi connectivity index (χ3n) is 3.68. The Labute approximate surface area is 113 Å². The minimum Gasteiger partial charge on any atom is -0.480 e. The third kappa shape index (κ3) is 3.99. The number of hydrogen-bond acceptors (Lipinski definition) is 4. The van der Waals surface area contributed by atoms with Crippen molar-refractivity contribution in [3.05, 3.63) is 0 Å². The van der Waals surface area contributed by atoms with Gasteiger partial charge in [0.15, 0.2) is 0 Å². The van der Waals surface area contributed by atoms with Crippen LogP contribution < -0.4 is 5.73 Å². The van der Waals surface area contributed by atoms with Gasteiger partial charge in [0.05, 0.1) is 0 Å². The maximum atomic E-state index is 12.1. The Morgan fingerprint density at radius 1 is 1.56 bits per heavy atom. The van der Waals surface area contributed by atoms with Gasteiger partial charge in [-0.3, -0.25) is 9.59 Å². The molecule has 0 aromatic carbocycles. The van der Waals surface area contributed by atoms with Gasteiger partial charge in [-0.25, -0.2) is 0 Å². The van der Waals surface area contributed by atoms with Gasteiger partial charge in [0.1, 0.15) is 11.8 Å². The number of carboxylic acids is 1. The molecule has 0 spiro atoms. The van der Waals surface area contributed by atoms with Crippen molar-refractivity contribution in [2.24, 2.45) is 17.6 Å². The molecule has 1 aliphatic carbocycles. The summed E-state index contributed by atoms with van der Waals surface area (Å²) in [6.07, 6.45) is 2.63. The molecule has 4 nitrogen and oxygen atoms in total. The molecule has 0 aromatic heterocycles. The van der Waals surface area contributed by atoms with Crippen molar-refractivity contribution in [1.29, 1.82) is 0 Å². The highest BCUT2D eigenvalue weighted by Gasteiger charge is 2.38. The van der Waals surface area contributed by atoms with Crippen molar-refractivity contribution in [3.8, 4) is 0 Å². The molecule has 104 valence electrons. The summed E-state index contributed by atoms with van der Waals surface area (Å²) in [5.74, 6) is 0.189. The Kier molecular flexibility index (Phi) is 5.22. The molecule has 18 heavy (non-hydrogen) atoms. The molecule has 0 radical (unpaired) electrons. The summed E-state index contributed by atoms with van der Waals surface area (Å²) in [4.78, 5) is 22.8. The summed E-state index contributed by atoms with van der Waals surface area (Å²) in [7, 11) is 0. The van der Waals surface area contributed by atoms with Crippen LogP contribution in [-0.4, -0.2) is 33.4 Å². The van der Waals surface area contributed by atoms with Crippen molar-refractivity contribution >= 4 is 23.5 Å². The van der Waals surface area contributed by atoms with Crippen LogP contribution in [0, 0.1) is 11.8 Å². The molecule has 1 fully saturated rings. The fourth-order valence-corrected chi connectivity index (χ4v) is 3.61. The lowest BCUT2D eigenvalue weighted by molar-refractivity contribution is -0.137. The first kappa shape index (κ1) is 15.5. The van der Waals surface area contributed by atoms with E-state index in [1.54, 1.807) is 0 Å². The van der Waals surface area contributed by atoms with Crippen molar-refractivity contribution in [2.75, 3.05) is 5.75 Å². The van der Waals surface area contributed by atoms with E-state index in [9.17, 15) is 9.59 Å². The molecular weight excluding hydrogens is 250 g/mol. The number of ketones is 1. The van der Waals surface area contributed by atoms with Gasteiger partial charge in [0, 0.05) is 22.8 Å². The van der Waals surface area contributed by atoms with E-state index in [1.165, 1.54) is 11.8 Å². The van der Waals surface area contributed by atoms with Crippen LogP contribution in [0.4, 0.5) is 0 Å². The van der Waals surface area contributed by atoms with Gasteiger partial charge >= 0.3 is 5.97 Å². The largest absolute Gasteiger partial charge is 0.480 e. The molecule has 3 unspecified atom stereocenters. The lowest BCUT2D eigenvalue weighted by Gasteiger charge is -2.37. The van der Waals surface area contributed by atoms with Crippen LogP contribution >= 0.6 is 11.8 Å². The Balaban J connectivity index is 2.57. The lowest BCUT2D eigenvalue weighted by atomic mass is 9.76. The van der Waals surface area contributed by atoms with Gasteiger partial charge in [-0.2, -0.15) is 11.8 Å². The molecule has 0 bridgehead atoms. The highest BCUT2D eigenvalue weighted by atomic mass is 32.2. The maximum Gasteiger partial charge on any atom is 0.321 e. The number of carboxylic acid groups (broad SMARTS) is 1. The number of aliphatic carboxylic acids is 1. The van der Waals surface area contributed by atoms with Crippen LogP contribution in [0.25, 0.3) is 0 Å². The predicted molar refractivity (Wildman–Crippen MR) is 73.7 cm³/mol. The third-order valence-corrected chi connectivity index (χ3v) is 5.23. The molecule has 1 rings (SSSR count). The monoisotopic (exact) mass is 273 g/mol. The molecular formula is C13H23NO3S. The Morgan fingerprint density at radius 2 is 2.17 bits per heavy atom. The number of carbonyl (C=O) groups excluding carboxylic acids is 1. The fourth-order valence-electron chi connectivity index (χ4n) is 2.41. The number of nitrogens with two attached hydrogens (primary N) is 1. The summed E-state index contributed by atoms with van der Waals surface area (Å²) >= 11 is 1.50. The van der Waals surface area contributed by atoms with Crippen LogP contribution in [0.1, 0.15) is 40.0 Å². The Morgan fingerprint density at radius 3 is 2.67 bits per heavy atom. The SMILES string of the molecule is CC1CCC(C(C)(C)SCC(N)C(=O)O)C(=O)C1. The number of Topliss-reactive ketones (excluding diaryl/α,β-unsaturated/α-hetero) is 1. The average molecular weight is 273 g/mol. The average Bonchev–Trinajstić information content (AvgIpc) is 2.25.